The molecule has 1 aliphatic rings. The molecule has 0 aliphatic carbocycles. The molecule has 7 heteroatoms. The van der Waals surface area contributed by atoms with Crippen LogP contribution < -0.4 is 12.4 Å². The van der Waals surface area contributed by atoms with Crippen molar-refractivity contribution in [2.45, 2.75) is 64.0 Å². The summed E-state index contributed by atoms with van der Waals surface area (Å²) in [6.45, 7) is 21.6. The van der Waals surface area contributed by atoms with E-state index in [1.54, 1.807) is 0 Å². The highest BCUT2D eigenvalue weighted by Crippen LogP contribution is 2.25. The van der Waals surface area contributed by atoms with Crippen LogP contribution in [0.3, 0.4) is 0 Å². The SMILES string of the molecule is C=C[Si](C)(C)OC(O[Si](C)(C)C=C)[Si]C(CC)[N+]1(C)CCCC1.[Cl-]. The molecule has 0 bridgehead atoms. The summed E-state index contributed by atoms with van der Waals surface area (Å²) in [4.78, 5) is 0. The molecule has 0 aromatic rings. The van der Waals surface area contributed by atoms with Gasteiger partial charge in [-0.2, -0.15) is 0 Å². The van der Waals surface area contributed by atoms with Crippen LogP contribution >= 0.6 is 0 Å². The Kier molecular flexibility index (Phi) is 9.97. The smallest absolute Gasteiger partial charge is 0.213 e. The largest absolute Gasteiger partial charge is 1.00 e. The van der Waals surface area contributed by atoms with Crippen LogP contribution in [0.2, 0.25) is 26.2 Å². The molecule has 1 saturated heterocycles. The third-order valence-electron chi connectivity index (χ3n) is 4.86. The lowest BCUT2D eigenvalue weighted by Gasteiger charge is -2.40. The molecular formula is C17H36ClNO2Si3. The number of hydrogen-bond donors (Lipinski definition) is 0. The predicted octanol–water partition coefficient (Wildman–Crippen LogP) is 0.849. The molecule has 2 radical (unpaired) electrons. The summed E-state index contributed by atoms with van der Waals surface area (Å²) in [5.74, 6) is -0.102. The first kappa shape index (κ1) is 24.3. The van der Waals surface area contributed by atoms with Gasteiger partial charge in [0.15, 0.2) is 9.52 Å². The quantitative estimate of drug-likeness (QED) is 0.304. The van der Waals surface area contributed by atoms with E-state index in [4.69, 9.17) is 8.85 Å². The van der Waals surface area contributed by atoms with Crippen molar-refractivity contribution in [3.8, 4) is 0 Å². The Balaban J connectivity index is 0.00000529. The van der Waals surface area contributed by atoms with Gasteiger partial charge in [0.2, 0.25) is 16.6 Å². The summed E-state index contributed by atoms with van der Waals surface area (Å²) in [5, 5.41) is 0. The molecule has 0 saturated carbocycles. The van der Waals surface area contributed by atoms with Crippen molar-refractivity contribution < 1.29 is 25.7 Å². The molecule has 0 aromatic carbocycles. The monoisotopic (exact) mass is 405 g/mol. The van der Waals surface area contributed by atoms with Gasteiger partial charge in [-0.3, -0.25) is 0 Å². The van der Waals surface area contributed by atoms with Crippen LogP contribution in [0.25, 0.3) is 0 Å². The van der Waals surface area contributed by atoms with E-state index in [0.29, 0.717) is 15.2 Å². The second-order valence-electron chi connectivity index (χ2n) is 7.91. The van der Waals surface area contributed by atoms with Crippen molar-refractivity contribution in [3.63, 3.8) is 0 Å². The number of nitrogens with zero attached hydrogens (tertiary/aromatic N) is 1. The number of halogens is 1. The van der Waals surface area contributed by atoms with E-state index >= 15 is 0 Å². The second kappa shape index (κ2) is 9.85. The van der Waals surface area contributed by atoms with Crippen molar-refractivity contribution >= 4 is 26.2 Å². The third-order valence-corrected chi connectivity index (χ3v) is 10.9. The Bertz CT molecular complexity index is 391. The Morgan fingerprint density at radius 2 is 1.46 bits per heavy atom. The summed E-state index contributed by atoms with van der Waals surface area (Å²) in [6, 6.07) is 0. The molecule has 140 valence electrons. The van der Waals surface area contributed by atoms with Gasteiger partial charge in [0.05, 0.1) is 25.8 Å². The summed E-state index contributed by atoms with van der Waals surface area (Å²) in [6.07, 6.45) is 3.89. The van der Waals surface area contributed by atoms with Gasteiger partial charge in [0.1, 0.15) is 5.91 Å². The fourth-order valence-electron chi connectivity index (χ4n) is 3.01. The Morgan fingerprint density at radius 3 is 1.79 bits per heavy atom. The summed E-state index contributed by atoms with van der Waals surface area (Å²) in [5.41, 5.74) is 4.64. The maximum atomic E-state index is 6.45. The van der Waals surface area contributed by atoms with Crippen molar-refractivity contribution in [2.75, 3.05) is 20.1 Å². The van der Waals surface area contributed by atoms with Crippen LogP contribution in [-0.2, 0) is 8.85 Å². The first-order chi connectivity index (χ1) is 10.6. The van der Waals surface area contributed by atoms with E-state index in [2.05, 4.69) is 53.3 Å². The zero-order valence-electron chi connectivity index (χ0n) is 16.4. The molecule has 1 fully saturated rings. The molecule has 3 nitrogen and oxygen atoms in total. The zero-order chi connectivity index (χ0) is 17.7. The zero-order valence-corrected chi connectivity index (χ0v) is 20.2. The lowest BCUT2D eigenvalue weighted by Crippen LogP contribution is -3.00. The van der Waals surface area contributed by atoms with Gasteiger partial charge in [0, 0.05) is 12.8 Å². The summed E-state index contributed by atoms with van der Waals surface area (Å²) >= 11 is 0. The second-order valence-corrected chi connectivity index (χ2v) is 17.1. The van der Waals surface area contributed by atoms with Gasteiger partial charge in [-0.1, -0.05) is 18.3 Å². The maximum absolute atomic E-state index is 6.45. The van der Waals surface area contributed by atoms with E-state index in [1.807, 2.05) is 11.4 Å². The van der Waals surface area contributed by atoms with Gasteiger partial charge >= 0.3 is 0 Å². The topological polar surface area (TPSA) is 18.5 Å². The highest BCUT2D eigenvalue weighted by Gasteiger charge is 2.39. The minimum Gasteiger partial charge on any atom is -1.00 e. The molecule has 0 N–H and O–H groups in total. The third kappa shape index (κ3) is 7.27. The summed E-state index contributed by atoms with van der Waals surface area (Å²) in [7, 11) is -0.651. The molecule has 1 heterocycles. The molecule has 0 spiro atoms. The lowest BCUT2D eigenvalue weighted by molar-refractivity contribution is -0.910. The Hall–Kier alpha value is 0.301. The molecule has 1 aliphatic heterocycles. The minimum absolute atomic E-state index is 0. The Labute approximate surface area is 160 Å². The normalized spacial score (nSPS) is 19.0. The highest BCUT2D eigenvalue weighted by molar-refractivity contribution is 6.77. The molecule has 1 unspecified atom stereocenters. The van der Waals surface area contributed by atoms with Gasteiger partial charge in [0.25, 0.3) is 0 Å². The minimum atomic E-state index is -1.87. The molecule has 0 aromatic heterocycles. The molecule has 1 rings (SSSR count). The number of likely N-dealkylation sites (tertiary alicyclic amines) is 1. The van der Waals surface area contributed by atoms with E-state index in [9.17, 15) is 0 Å². The van der Waals surface area contributed by atoms with E-state index < -0.39 is 16.6 Å². The fourth-order valence-corrected chi connectivity index (χ4v) is 8.03. The van der Waals surface area contributed by atoms with Crippen molar-refractivity contribution in [1.29, 1.82) is 0 Å². The van der Waals surface area contributed by atoms with Crippen LogP contribution in [0.5, 0.6) is 0 Å². The first-order valence-electron chi connectivity index (χ1n) is 8.80. The van der Waals surface area contributed by atoms with Gasteiger partial charge in [-0.05, 0) is 32.6 Å². The van der Waals surface area contributed by atoms with Crippen LogP contribution in [0, 0.1) is 0 Å². The molecular weight excluding hydrogens is 370 g/mol. The van der Waals surface area contributed by atoms with Crippen LogP contribution in [0.1, 0.15) is 26.2 Å². The number of rotatable bonds is 10. The van der Waals surface area contributed by atoms with Crippen LogP contribution in [-0.4, -0.2) is 62.4 Å². The summed E-state index contributed by atoms with van der Waals surface area (Å²) < 4.78 is 14.1. The highest BCUT2D eigenvalue weighted by atomic mass is 35.5. The van der Waals surface area contributed by atoms with Crippen molar-refractivity contribution in [2.24, 2.45) is 0 Å². The lowest BCUT2D eigenvalue weighted by atomic mass is 10.3. The van der Waals surface area contributed by atoms with Crippen molar-refractivity contribution in [3.05, 3.63) is 24.6 Å². The van der Waals surface area contributed by atoms with E-state index in [0.717, 1.165) is 0 Å². The Morgan fingerprint density at radius 1 is 1.04 bits per heavy atom. The van der Waals surface area contributed by atoms with Gasteiger partial charge < -0.3 is 25.7 Å². The van der Waals surface area contributed by atoms with Gasteiger partial charge in [-0.15, -0.1) is 13.2 Å². The van der Waals surface area contributed by atoms with E-state index in [-0.39, 0.29) is 18.3 Å². The van der Waals surface area contributed by atoms with E-state index in [1.165, 1.54) is 36.8 Å². The number of hydrogen-bond acceptors (Lipinski definition) is 2. The first-order valence-corrected chi connectivity index (χ1v) is 15.9. The fraction of sp³-hybridized carbons (Fsp3) is 0.765. The van der Waals surface area contributed by atoms with Crippen LogP contribution in [0.4, 0.5) is 0 Å². The number of quaternary nitrogens is 1. The molecule has 24 heavy (non-hydrogen) atoms. The maximum Gasteiger partial charge on any atom is 0.213 e. The predicted molar refractivity (Wildman–Crippen MR) is 106 cm³/mol. The van der Waals surface area contributed by atoms with Crippen LogP contribution in [0.15, 0.2) is 24.6 Å². The molecule has 1 atom stereocenters. The average Bonchev–Trinajstić information content (AvgIpc) is 2.91. The standard InChI is InChI=1S/C17H36NO2Si3.ClH/c1-9-16(18(4)14-12-13-15-18)21-17(19-22(5,6)10-2)20-23(7,8)11-3;/h10-11,16-17H,2-3,9,12-15H2,1,4-8H3;1H/q+1;/p-1. The molecule has 0 amide bonds. The average molecular weight is 406 g/mol. The van der Waals surface area contributed by atoms with Crippen molar-refractivity contribution in [1.82, 2.24) is 0 Å². The van der Waals surface area contributed by atoms with Gasteiger partial charge in [-0.25, -0.2) is 0 Å².